The number of carbonyl (C=O) groups is 1. The van der Waals surface area contributed by atoms with Gasteiger partial charge in [-0.2, -0.15) is 5.26 Å². The van der Waals surface area contributed by atoms with Crippen molar-refractivity contribution in [3.05, 3.63) is 29.8 Å². The smallest absolute Gasteiger partial charge is 0.406 e. The number of benzene rings is 1. The molecule has 0 saturated carbocycles. The molecule has 0 saturated heterocycles. The zero-order chi connectivity index (χ0) is 15.3. The van der Waals surface area contributed by atoms with E-state index in [9.17, 15) is 18.0 Å². The van der Waals surface area contributed by atoms with Crippen LogP contribution in [0.2, 0.25) is 0 Å². The number of hydrogen-bond donors (Lipinski definition) is 0. The van der Waals surface area contributed by atoms with E-state index in [1.807, 2.05) is 6.07 Å². The number of amides is 1. The molecule has 7 heteroatoms. The Hall–Kier alpha value is -2.23. The Bertz CT molecular complexity index is 506. The number of nitrogens with zero attached hydrogens (tertiary/aromatic N) is 2. The standard InChI is InChI=1S/C13H13F3N2O2/c1-9(7-17)8-18(2)12(19)10-3-5-11(6-4-10)20-13(14,15)16/h3-6,9H,8H2,1-2H3. The summed E-state index contributed by atoms with van der Waals surface area (Å²) in [5.74, 6) is -1.08. The fourth-order valence-corrected chi connectivity index (χ4v) is 1.55. The van der Waals surface area contributed by atoms with Gasteiger partial charge in [0.1, 0.15) is 5.75 Å². The van der Waals surface area contributed by atoms with Crippen LogP contribution in [-0.4, -0.2) is 30.8 Å². The fraction of sp³-hybridized carbons (Fsp3) is 0.385. The molecule has 0 fully saturated rings. The minimum absolute atomic E-state index is 0.229. The quantitative estimate of drug-likeness (QED) is 0.855. The summed E-state index contributed by atoms with van der Waals surface area (Å²) >= 11 is 0. The molecule has 0 heterocycles. The summed E-state index contributed by atoms with van der Waals surface area (Å²) in [6.45, 7) is 1.92. The zero-order valence-corrected chi connectivity index (χ0v) is 10.9. The van der Waals surface area contributed by atoms with Crippen LogP contribution in [0.25, 0.3) is 0 Å². The summed E-state index contributed by atoms with van der Waals surface area (Å²) in [5, 5.41) is 8.67. The lowest BCUT2D eigenvalue weighted by Gasteiger charge is -2.18. The maximum atomic E-state index is 12.0. The minimum atomic E-state index is -4.76. The van der Waals surface area contributed by atoms with Gasteiger partial charge >= 0.3 is 6.36 Å². The highest BCUT2D eigenvalue weighted by Crippen LogP contribution is 2.23. The van der Waals surface area contributed by atoms with Crippen molar-refractivity contribution in [3.63, 3.8) is 0 Å². The van der Waals surface area contributed by atoms with Crippen molar-refractivity contribution in [2.24, 2.45) is 5.92 Å². The molecule has 0 radical (unpaired) electrons. The van der Waals surface area contributed by atoms with E-state index in [1.54, 1.807) is 6.92 Å². The first kappa shape index (κ1) is 15.8. The van der Waals surface area contributed by atoms with Crippen molar-refractivity contribution in [2.75, 3.05) is 13.6 Å². The number of nitriles is 1. The van der Waals surface area contributed by atoms with E-state index in [4.69, 9.17) is 5.26 Å². The Morgan fingerprint density at radius 1 is 1.40 bits per heavy atom. The lowest BCUT2D eigenvalue weighted by molar-refractivity contribution is -0.274. The van der Waals surface area contributed by atoms with Crippen molar-refractivity contribution >= 4 is 5.91 Å². The minimum Gasteiger partial charge on any atom is -0.406 e. The average Bonchev–Trinajstić information content (AvgIpc) is 2.36. The van der Waals surface area contributed by atoms with E-state index in [1.165, 1.54) is 24.1 Å². The predicted octanol–water partition coefficient (Wildman–Crippen LogP) is 2.82. The van der Waals surface area contributed by atoms with Gasteiger partial charge in [-0.1, -0.05) is 0 Å². The molecule has 0 aliphatic carbocycles. The third kappa shape index (κ3) is 4.80. The summed E-state index contributed by atoms with van der Waals surface area (Å²) in [4.78, 5) is 13.3. The molecule has 20 heavy (non-hydrogen) atoms. The van der Waals surface area contributed by atoms with E-state index >= 15 is 0 Å². The van der Waals surface area contributed by atoms with Gasteiger partial charge < -0.3 is 9.64 Å². The first-order chi connectivity index (χ1) is 9.23. The first-order valence-corrected chi connectivity index (χ1v) is 5.74. The van der Waals surface area contributed by atoms with Crippen LogP contribution in [0.15, 0.2) is 24.3 Å². The number of ether oxygens (including phenoxy) is 1. The number of rotatable bonds is 4. The Morgan fingerprint density at radius 2 is 1.95 bits per heavy atom. The molecule has 1 rings (SSSR count). The van der Waals surface area contributed by atoms with E-state index in [-0.39, 0.29) is 29.7 Å². The number of halogens is 3. The maximum absolute atomic E-state index is 12.0. The van der Waals surface area contributed by atoms with Gasteiger partial charge in [0.25, 0.3) is 5.91 Å². The topological polar surface area (TPSA) is 53.3 Å². The van der Waals surface area contributed by atoms with Gasteiger partial charge in [-0.25, -0.2) is 0 Å². The third-order valence-corrected chi connectivity index (χ3v) is 2.45. The Labute approximate surface area is 114 Å². The van der Waals surface area contributed by atoms with Crippen molar-refractivity contribution < 1.29 is 22.7 Å². The molecule has 0 aliphatic rings. The molecule has 1 atom stereocenters. The zero-order valence-electron chi connectivity index (χ0n) is 10.9. The van der Waals surface area contributed by atoms with Crippen LogP contribution >= 0.6 is 0 Å². The lowest BCUT2D eigenvalue weighted by atomic mass is 10.1. The number of carbonyl (C=O) groups excluding carboxylic acids is 1. The highest BCUT2D eigenvalue weighted by Gasteiger charge is 2.31. The second-order valence-electron chi connectivity index (χ2n) is 4.29. The summed E-state index contributed by atoms with van der Waals surface area (Å²) < 4.78 is 39.7. The van der Waals surface area contributed by atoms with E-state index in [0.717, 1.165) is 12.1 Å². The molecule has 1 amide bonds. The summed E-state index contributed by atoms with van der Waals surface area (Å²) in [5.41, 5.74) is 0.229. The molecule has 0 aliphatic heterocycles. The normalized spacial score (nSPS) is 12.4. The van der Waals surface area contributed by atoms with Crippen LogP contribution in [0.1, 0.15) is 17.3 Å². The second-order valence-corrected chi connectivity index (χ2v) is 4.29. The largest absolute Gasteiger partial charge is 0.573 e. The van der Waals surface area contributed by atoms with E-state index in [2.05, 4.69) is 4.74 Å². The summed E-state index contributed by atoms with van der Waals surface area (Å²) in [6.07, 6.45) is -4.76. The van der Waals surface area contributed by atoms with Gasteiger partial charge in [0.2, 0.25) is 0 Å². The van der Waals surface area contributed by atoms with Gasteiger partial charge in [0.05, 0.1) is 12.0 Å². The molecule has 1 aromatic rings. The first-order valence-electron chi connectivity index (χ1n) is 5.74. The van der Waals surface area contributed by atoms with E-state index in [0.29, 0.717) is 0 Å². The van der Waals surface area contributed by atoms with Gasteiger partial charge in [-0.3, -0.25) is 4.79 Å². The molecule has 0 bridgehead atoms. The van der Waals surface area contributed by atoms with Crippen molar-refractivity contribution in [3.8, 4) is 11.8 Å². The van der Waals surface area contributed by atoms with E-state index < -0.39 is 6.36 Å². The summed E-state index contributed by atoms with van der Waals surface area (Å²) in [6, 6.07) is 6.64. The van der Waals surface area contributed by atoms with Gasteiger partial charge in [-0.05, 0) is 31.2 Å². The fourth-order valence-electron chi connectivity index (χ4n) is 1.55. The Balaban J connectivity index is 2.73. The average molecular weight is 286 g/mol. The Morgan fingerprint density at radius 3 is 2.40 bits per heavy atom. The van der Waals surface area contributed by atoms with Crippen LogP contribution < -0.4 is 4.74 Å². The molecule has 0 N–H and O–H groups in total. The molecule has 0 aromatic heterocycles. The molecule has 1 unspecified atom stereocenters. The molecule has 0 spiro atoms. The molecule has 108 valence electrons. The molecular weight excluding hydrogens is 273 g/mol. The van der Waals surface area contributed by atoms with Crippen LogP contribution in [-0.2, 0) is 0 Å². The predicted molar refractivity (Wildman–Crippen MR) is 64.9 cm³/mol. The molecule has 4 nitrogen and oxygen atoms in total. The molecular formula is C13H13F3N2O2. The van der Waals surface area contributed by atoms with Gasteiger partial charge in [-0.15, -0.1) is 13.2 Å². The number of hydrogen-bond acceptors (Lipinski definition) is 3. The third-order valence-electron chi connectivity index (χ3n) is 2.45. The second kappa shape index (κ2) is 6.28. The highest BCUT2D eigenvalue weighted by atomic mass is 19.4. The van der Waals surface area contributed by atoms with Crippen LogP contribution in [0.5, 0.6) is 5.75 Å². The van der Waals surface area contributed by atoms with Gasteiger partial charge in [0.15, 0.2) is 0 Å². The Kier molecular flexibility index (Phi) is 4.97. The monoisotopic (exact) mass is 286 g/mol. The van der Waals surface area contributed by atoms with Crippen molar-refractivity contribution in [1.82, 2.24) is 4.90 Å². The maximum Gasteiger partial charge on any atom is 0.573 e. The van der Waals surface area contributed by atoms with Gasteiger partial charge in [0, 0.05) is 19.2 Å². The van der Waals surface area contributed by atoms with Crippen molar-refractivity contribution in [2.45, 2.75) is 13.3 Å². The van der Waals surface area contributed by atoms with Crippen molar-refractivity contribution in [1.29, 1.82) is 5.26 Å². The molecule has 1 aromatic carbocycles. The van der Waals surface area contributed by atoms with Crippen LogP contribution in [0.3, 0.4) is 0 Å². The lowest BCUT2D eigenvalue weighted by Crippen LogP contribution is -2.30. The van der Waals surface area contributed by atoms with Crippen LogP contribution in [0.4, 0.5) is 13.2 Å². The van der Waals surface area contributed by atoms with Crippen LogP contribution in [0, 0.1) is 17.2 Å². The highest BCUT2D eigenvalue weighted by molar-refractivity contribution is 5.94. The SMILES string of the molecule is CC(C#N)CN(C)C(=O)c1ccc(OC(F)(F)F)cc1. The summed E-state index contributed by atoms with van der Waals surface area (Å²) in [7, 11) is 1.52. The number of alkyl halides is 3.